The van der Waals surface area contributed by atoms with Gasteiger partial charge in [0.25, 0.3) is 0 Å². The van der Waals surface area contributed by atoms with Gasteiger partial charge in [0, 0.05) is 19.4 Å². The van der Waals surface area contributed by atoms with Gasteiger partial charge in [0.2, 0.25) is 5.91 Å². The van der Waals surface area contributed by atoms with Gasteiger partial charge in [-0.2, -0.15) is 0 Å². The fourth-order valence-corrected chi connectivity index (χ4v) is 3.60. The first-order valence-corrected chi connectivity index (χ1v) is 14.2. The lowest BCUT2D eigenvalue weighted by Gasteiger charge is -2.25. The zero-order valence-electron chi connectivity index (χ0n) is 25.7. The van der Waals surface area contributed by atoms with E-state index in [9.17, 15) is 14.4 Å². The van der Waals surface area contributed by atoms with Gasteiger partial charge >= 0.3 is 12.1 Å². The highest BCUT2D eigenvalue weighted by molar-refractivity contribution is 5.85. The van der Waals surface area contributed by atoms with E-state index in [0.29, 0.717) is 19.8 Å². The normalized spacial score (nSPS) is 12.2. The van der Waals surface area contributed by atoms with E-state index in [1.165, 1.54) is 0 Å². The molecule has 0 aromatic heterocycles. The SMILES string of the molecule is CC(C)(C)OC(=O)[C@H](Cc1ccc(OC(C)(C)C)cc1)NC(=O)CCOCCOCCNC(=O)OCc1ccccc1. The summed E-state index contributed by atoms with van der Waals surface area (Å²) in [5.74, 6) is -0.0988. The lowest BCUT2D eigenvalue weighted by molar-refractivity contribution is -0.158. The van der Waals surface area contributed by atoms with Crippen molar-refractivity contribution >= 4 is 18.0 Å². The second kappa shape index (κ2) is 17.4. The topological polar surface area (TPSA) is 121 Å². The van der Waals surface area contributed by atoms with Crippen LogP contribution in [0.3, 0.4) is 0 Å². The molecule has 0 aliphatic heterocycles. The van der Waals surface area contributed by atoms with Gasteiger partial charge in [-0.3, -0.25) is 4.79 Å². The molecule has 0 bridgehead atoms. The minimum Gasteiger partial charge on any atom is -0.488 e. The summed E-state index contributed by atoms with van der Waals surface area (Å²) in [5, 5.41) is 5.40. The van der Waals surface area contributed by atoms with E-state index in [-0.39, 0.29) is 44.2 Å². The Bertz CT molecular complexity index is 1090. The third-order valence-corrected chi connectivity index (χ3v) is 5.39. The zero-order chi connectivity index (χ0) is 31.0. The van der Waals surface area contributed by atoms with Crippen molar-refractivity contribution in [2.45, 2.75) is 78.2 Å². The zero-order valence-corrected chi connectivity index (χ0v) is 25.7. The number of rotatable bonds is 16. The number of alkyl carbamates (subject to hydrolysis) is 1. The summed E-state index contributed by atoms with van der Waals surface area (Å²) in [4.78, 5) is 37.2. The minimum absolute atomic E-state index is 0.0759. The number of carbonyl (C=O) groups is 3. The first kappa shape index (κ1) is 34.6. The summed E-state index contributed by atoms with van der Waals surface area (Å²) in [6, 6.07) is 16.0. The average molecular weight is 587 g/mol. The molecule has 0 aliphatic carbocycles. The summed E-state index contributed by atoms with van der Waals surface area (Å²) in [6.07, 6.45) is -0.160. The van der Waals surface area contributed by atoms with Crippen LogP contribution in [0.4, 0.5) is 4.79 Å². The first-order chi connectivity index (χ1) is 19.8. The van der Waals surface area contributed by atoms with Crippen LogP contribution in [0.1, 0.15) is 59.1 Å². The molecule has 1 atom stereocenters. The van der Waals surface area contributed by atoms with Crippen LogP contribution in [0.15, 0.2) is 54.6 Å². The third kappa shape index (κ3) is 16.0. The van der Waals surface area contributed by atoms with Gasteiger partial charge < -0.3 is 34.3 Å². The number of nitrogens with one attached hydrogen (secondary N) is 2. The molecule has 0 saturated carbocycles. The molecule has 42 heavy (non-hydrogen) atoms. The van der Waals surface area contributed by atoms with Crippen molar-refractivity contribution in [3.63, 3.8) is 0 Å². The quantitative estimate of drug-likeness (QED) is 0.217. The van der Waals surface area contributed by atoms with Crippen LogP contribution in [-0.4, -0.2) is 68.2 Å². The summed E-state index contributed by atoms with van der Waals surface area (Å²) < 4.78 is 27.4. The molecule has 10 heteroatoms. The second-order valence-electron chi connectivity index (χ2n) is 11.7. The standard InChI is InChI=1S/C32H46N2O8/c1-31(2,3)41-26-14-12-24(13-15-26)22-27(29(36)42-32(4,5)6)34-28(35)16-18-38-20-21-39-19-17-33-30(37)40-23-25-10-8-7-9-11-25/h7-15,27H,16-23H2,1-6H3,(H,33,37)(H,34,35)/t27-/m0/s1. The predicted octanol–water partition coefficient (Wildman–Crippen LogP) is 4.58. The molecule has 2 aromatic carbocycles. The average Bonchev–Trinajstić information content (AvgIpc) is 2.90. The number of ether oxygens (including phenoxy) is 5. The molecule has 232 valence electrons. The van der Waals surface area contributed by atoms with E-state index in [0.717, 1.165) is 16.9 Å². The molecule has 10 nitrogen and oxygen atoms in total. The largest absolute Gasteiger partial charge is 0.488 e. The molecule has 0 aliphatic rings. The highest BCUT2D eigenvalue weighted by Crippen LogP contribution is 2.20. The van der Waals surface area contributed by atoms with Crippen molar-refractivity contribution in [1.29, 1.82) is 0 Å². The lowest BCUT2D eigenvalue weighted by atomic mass is 10.0. The molecule has 0 heterocycles. The van der Waals surface area contributed by atoms with E-state index >= 15 is 0 Å². The Morgan fingerprint density at radius 3 is 2.02 bits per heavy atom. The maximum Gasteiger partial charge on any atom is 0.407 e. The van der Waals surface area contributed by atoms with E-state index in [4.69, 9.17) is 23.7 Å². The van der Waals surface area contributed by atoms with E-state index in [1.807, 2.05) is 75.4 Å². The maximum absolute atomic E-state index is 12.9. The highest BCUT2D eigenvalue weighted by atomic mass is 16.6. The molecule has 0 fully saturated rings. The van der Waals surface area contributed by atoms with Crippen molar-refractivity contribution in [3.8, 4) is 5.75 Å². The van der Waals surface area contributed by atoms with Gasteiger partial charge in [0.1, 0.15) is 29.6 Å². The first-order valence-electron chi connectivity index (χ1n) is 14.2. The molecule has 0 spiro atoms. The van der Waals surface area contributed by atoms with E-state index in [1.54, 1.807) is 20.8 Å². The summed E-state index contributed by atoms with van der Waals surface area (Å²) in [5.41, 5.74) is 0.760. The molecule has 2 amide bonds. The van der Waals surface area contributed by atoms with Gasteiger partial charge in [-0.15, -0.1) is 0 Å². The predicted molar refractivity (Wildman–Crippen MR) is 159 cm³/mol. The minimum atomic E-state index is -0.846. The fraction of sp³-hybridized carbons (Fsp3) is 0.531. The number of benzene rings is 2. The Hall–Kier alpha value is -3.63. The smallest absolute Gasteiger partial charge is 0.407 e. The molecule has 2 N–H and O–H groups in total. The van der Waals surface area contributed by atoms with Crippen LogP contribution in [0.2, 0.25) is 0 Å². The molecule has 0 saturated heterocycles. The molecule has 2 aromatic rings. The number of amides is 2. The van der Waals surface area contributed by atoms with Gasteiger partial charge in [-0.25, -0.2) is 9.59 Å². The lowest BCUT2D eigenvalue weighted by Crippen LogP contribution is -2.45. The molecule has 0 unspecified atom stereocenters. The van der Waals surface area contributed by atoms with Crippen LogP contribution in [-0.2, 0) is 41.6 Å². The Balaban J connectivity index is 1.66. The monoisotopic (exact) mass is 586 g/mol. The van der Waals surface area contributed by atoms with Crippen LogP contribution >= 0.6 is 0 Å². The molecule has 0 radical (unpaired) electrons. The number of esters is 1. The summed E-state index contributed by atoms with van der Waals surface area (Å²) in [6.45, 7) is 12.8. The van der Waals surface area contributed by atoms with Crippen molar-refractivity contribution in [1.82, 2.24) is 10.6 Å². The van der Waals surface area contributed by atoms with Crippen molar-refractivity contribution < 1.29 is 38.1 Å². The Morgan fingerprint density at radius 2 is 1.40 bits per heavy atom. The third-order valence-electron chi connectivity index (χ3n) is 5.39. The highest BCUT2D eigenvalue weighted by Gasteiger charge is 2.27. The number of carbonyl (C=O) groups excluding carboxylic acids is 3. The Kier molecular flexibility index (Phi) is 14.3. The van der Waals surface area contributed by atoms with Gasteiger partial charge in [-0.05, 0) is 64.8 Å². The summed E-state index contributed by atoms with van der Waals surface area (Å²) in [7, 11) is 0. The maximum atomic E-state index is 12.9. The van der Waals surface area contributed by atoms with Gasteiger partial charge in [0.05, 0.1) is 26.4 Å². The van der Waals surface area contributed by atoms with E-state index < -0.39 is 23.7 Å². The van der Waals surface area contributed by atoms with Crippen LogP contribution < -0.4 is 15.4 Å². The van der Waals surface area contributed by atoms with Crippen molar-refractivity contribution in [3.05, 3.63) is 65.7 Å². The molecule has 2 rings (SSSR count). The molecular formula is C32H46N2O8. The number of hydrogen-bond acceptors (Lipinski definition) is 8. The summed E-state index contributed by atoms with van der Waals surface area (Å²) >= 11 is 0. The van der Waals surface area contributed by atoms with E-state index in [2.05, 4.69) is 10.6 Å². The Morgan fingerprint density at radius 1 is 0.762 bits per heavy atom. The van der Waals surface area contributed by atoms with Crippen molar-refractivity contribution in [2.24, 2.45) is 0 Å². The Labute approximate surface area is 249 Å². The van der Waals surface area contributed by atoms with Crippen LogP contribution in [0.5, 0.6) is 5.75 Å². The number of hydrogen-bond donors (Lipinski definition) is 2. The fourth-order valence-electron chi connectivity index (χ4n) is 3.60. The second-order valence-corrected chi connectivity index (χ2v) is 11.7. The molecular weight excluding hydrogens is 540 g/mol. The van der Waals surface area contributed by atoms with Crippen LogP contribution in [0, 0.1) is 0 Å². The van der Waals surface area contributed by atoms with Crippen LogP contribution in [0.25, 0.3) is 0 Å². The van der Waals surface area contributed by atoms with Crippen molar-refractivity contribution in [2.75, 3.05) is 33.0 Å². The van der Waals surface area contributed by atoms with Gasteiger partial charge in [-0.1, -0.05) is 42.5 Å². The van der Waals surface area contributed by atoms with Gasteiger partial charge in [0.15, 0.2) is 0 Å².